The molecule has 2 aromatic rings. The number of fused-ring (bicyclic) bond motifs is 3. The number of nitrogens with zero attached hydrogens (tertiary/aromatic N) is 2. The van der Waals surface area contributed by atoms with E-state index >= 15 is 0 Å². The monoisotopic (exact) mass is 344 g/mol. The van der Waals surface area contributed by atoms with Crippen LogP contribution in [-0.2, 0) is 13.0 Å². The van der Waals surface area contributed by atoms with Crippen LogP contribution in [-0.4, -0.2) is 29.3 Å². The molecular formula is C16H16N4O3S. The fourth-order valence-corrected chi connectivity index (χ4v) is 4.65. The molecule has 2 aliphatic rings. The molecule has 0 spiro atoms. The van der Waals surface area contributed by atoms with E-state index in [4.69, 9.17) is 0 Å². The summed E-state index contributed by atoms with van der Waals surface area (Å²) in [6, 6.07) is 6.48. The van der Waals surface area contributed by atoms with Gasteiger partial charge in [-0.05, 0) is 25.1 Å². The van der Waals surface area contributed by atoms with E-state index in [0.29, 0.717) is 11.1 Å². The number of nitro groups is 1. The molecule has 7 nitrogen and oxygen atoms in total. The number of likely N-dealkylation sites (N-methyl/N-ethyl adjacent to an activating group) is 1. The maximum Gasteiger partial charge on any atom is 0.276 e. The first-order valence-corrected chi connectivity index (χ1v) is 8.50. The van der Waals surface area contributed by atoms with Crippen LogP contribution in [0, 0.1) is 10.1 Å². The summed E-state index contributed by atoms with van der Waals surface area (Å²) < 4.78 is 0. The zero-order valence-corrected chi connectivity index (χ0v) is 13.9. The predicted octanol–water partition coefficient (Wildman–Crippen LogP) is 2.50. The maximum absolute atomic E-state index is 12.6. The van der Waals surface area contributed by atoms with Crippen molar-refractivity contribution in [2.75, 3.05) is 18.9 Å². The van der Waals surface area contributed by atoms with Gasteiger partial charge < -0.3 is 15.5 Å². The number of nitrogens with one attached hydrogen (secondary N) is 2. The van der Waals surface area contributed by atoms with Crippen LogP contribution in [0.3, 0.4) is 0 Å². The second-order valence-electron chi connectivity index (χ2n) is 6.06. The molecule has 0 saturated carbocycles. The molecule has 0 bridgehead atoms. The molecule has 1 unspecified atom stereocenters. The number of nitro benzene ring substituents is 1. The second kappa shape index (κ2) is 5.57. The standard InChI is InChI=1S/C16H16N4O3S/c1-19-7-6-10-12(8-19)24-16-13(10)15(21)17-14(18-16)9-4-2-3-5-11(9)20(22)23/h2-5,14,18H,6-8H2,1H3,(H,17,21). The molecule has 0 fully saturated rings. The lowest BCUT2D eigenvalue weighted by Crippen LogP contribution is -2.39. The van der Waals surface area contributed by atoms with Gasteiger partial charge in [0.2, 0.25) is 0 Å². The minimum absolute atomic E-state index is 0.000183. The van der Waals surface area contributed by atoms with Gasteiger partial charge in [-0.3, -0.25) is 14.9 Å². The lowest BCUT2D eigenvalue weighted by molar-refractivity contribution is -0.385. The maximum atomic E-state index is 12.6. The van der Waals surface area contributed by atoms with Crippen LogP contribution in [0.4, 0.5) is 10.7 Å². The van der Waals surface area contributed by atoms with Crippen LogP contribution in [0.5, 0.6) is 0 Å². The summed E-state index contributed by atoms with van der Waals surface area (Å²) in [5.41, 5.74) is 2.28. The summed E-state index contributed by atoms with van der Waals surface area (Å²) in [5.74, 6) is -0.158. The van der Waals surface area contributed by atoms with Crippen LogP contribution in [0.2, 0.25) is 0 Å². The van der Waals surface area contributed by atoms with Crippen molar-refractivity contribution in [2.45, 2.75) is 19.1 Å². The summed E-state index contributed by atoms with van der Waals surface area (Å²) >= 11 is 1.57. The number of amides is 1. The van der Waals surface area contributed by atoms with E-state index in [2.05, 4.69) is 22.6 Å². The van der Waals surface area contributed by atoms with Gasteiger partial charge in [-0.15, -0.1) is 11.3 Å². The quantitative estimate of drug-likeness (QED) is 0.646. The number of carbonyl (C=O) groups excluding carboxylic acids is 1. The highest BCUT2D eigenvalue weighted by Crippen LogP contribution is 2.41. The van der Waals surface area contributed by atoms with Gasteiger partial charge in [0.1, 0.15) is 11.2 Å². The highest BCUT2D eigenvalue weighted by atomic mass is 32.1. The Bertz CT molecular complexity index is 848. The van der Waals surface area contributed by atoms with Crippen molar-refractivity contribution in [3.63, 3.8) is 0 Å². The number of rotatable bonds is 2. The first-order valence-electron chi connectivity index (χ1n) is 7.68. The molecule has 24 heavy (non-hydrogen) atoms. The summed E-state index contributed by atoms with van der Waals surface area (Å²) in [6.45, 7) is 1.76. The second-order valence-corrected chi connectivity index (χ2v) is 7.17. The Morgan fingerprint density at radius 3 is 2.92 bits per heavy atom. The first-order chi connectivity index (χ1) is 11.5. The Morgan fingerprint density at radius 1 is 1.33 bits per heavy atom. The lowest BCUT2D eigenvalue weighted by atomic mass is 10.0. The molecule has 1 aromatic carbocycles. The molecule has 2 N–H and O–H groups in total. The highest BCUT2D eigenvalue weighted by Gasteiger charge is 2.34. The number of para-hydroxylation sites is 1. The topological polar surface area (TPSA) is 87.5 Å². The van der Waals surface area contributed by atoms with E-state index in [0.717, 1.165) is 30.1 Å². The molecule has 1 amide bonds. The van der Waals surface area contributed by atoms with Crippen molar-refractivity contribution in [1.82, 2.24) is 10.2 Å². The van der Waals surface area contributed by atoms with E-state index in [1.54, 1.807) is 29.5 Å². The number of thiophene rings is 1. The van der Waals surface area contributed by atoms with Gasteiger partial charge in [0.25, 0.3) is 11.6 Å². The SMILES string of the molecule is CN1CCc2c(sc3c2C(=O)NC(c2ccccc2[N+](=O)[O-])N3)C1. The smallest absolute Gasteiger partial charge is 0.276 e. The van der Waals surface area contributed by atoms with Gasteiger partial charge in [-0.25, -0.2) is 0 Å². The Kier molecular flexibility index (Phi) is 3.50. The van der Waals surface area contributed by atoms with Crippen LogP contribution < -0.4 is 10.6 Å². The minimum atomic E-state index is -0.593. The first kappa shape index (κ1) is 15.1. The average Bonchev–Trinajstić information content (AvgIpc) is 2.92. The van der Waals surface area contributed by atoms with Crippen LogP contribution in [0.1, 0.15) is 32.5 Å². The zero-order valence-electron chi connectivity index (χ0n) is 13.0. The summed E-state index contributed by atoms with van der Waals surface area (Å²) in [7, 11) is 2.06. The van der Waals surface area contributed by atoms with Gasteiger partial charge in [0.15, 0.2) is 0 Å². The molecule has 0 saturated heterocycles. The predicted molar refractivity (Wildman–Crippen MR) is 91.3 cm³/mol. The molecule has 1 atom stereocenters. The van der Waals surface area contributed by atoms with Gasteiger partial charge >= 0.3 is 0 Å². The average molecular weight is 344 g/mol. The molecular weight excluding hydrogens is 328 g/mol. The molecule has 3 heterocycles. The normalized spacial score (nSPS) is 19.9. The summed E-state index contributed by atoms with van der Waals surface area (Å²) in [4.78, 5) is 26.9. The number of carbonyl (C=O) groups is 1. The van der Waals surface area contributed by atoms with Gasteiger partial charge in [0, 0.05) is 24.0 Å². The Morgan fingerprint density at radius 2 is 2.12 bits per heavy atom. The van der Waals surface area contributed by atoms with Crippen molar-refractivity contribution in [3.05, 3.63) is 55.9 Å². The zero-order chi connectivity index (χ0) is 16.8. The van der Waals surface area contributed by atoms with Crippen molar-refractivity contribution >= 4 is 27.9 Å². The number of hydrogen-bond acceptors (Lipinski definition) is 6. The van der Waals surface area contributed by atoms with Gasteiger partial charge in [-0.2, -0.15) is 0 Å². The molecule has 8 heteroatoms. The van der Waals surface area contributed by atoms with E-state index in [1.165, 1.54) is 10.9 Å². The largest absolute Gasteiger partial charge is 0.352 e. The molecule has 0 radical (unpaired) electrons. The molecule has 2 aliphatic heterocycles. The number of anilines is 1. The van der Waals surface area contributed by atoms with Crippen LogP contribution in [0.25, 0.3) is 0 Å². The van der Waals surface area contributed by atoms with Gasteiger partial charge in [-0.1, -0.05) is 12.1 Å². The molecule has 4 rings (SSSR count). The Balaban J connectivity index is 1.73. The van der Waals surface area contributed by atoms with E-state index in [9.17, 15) is 14.9 Å². The van der Waals surface area contributed by atoms with Crippen molar-refractivity contribution in [3.8, 4) is 0 Å². The fraction of sp³-hybridized carbons (Fsp3) is 0.312. The van der Waals surface area contributed by atoms with Gasteiger partial charge in [0.05, 0.1) is 16.1 Å². The third kappa shape index (κ3) is 2.35. The van der Waals surface area contributed by atoms with Crippen molar-refractivity contribution < 1.29 is 9.72 Å². The van der Waals surface area contributed by atoms with E-state index in [1.807, 2.05) is 0 Å². The Labute approximate surface area is 142 Å². The Hall–Kier alpha value is -2.45. The lowest BCUT2D eigenvalue weighted by Gasteiger charge is -2.27. The van der Waals surface area contributed by atoms with Crippen LogP contribution >= 0.6 is 11.3 Å². The number of hydrogen-bond donors (Lipinski definition) is 2. The number of benzene rings is 1. The third-order valence-electron chi connectivity index (χ3n) is 4.47. The van der Waals surface area contributed by atoms with Crippen LogP contribution in [0.15, 0.2) is 24.3 Å². The minimum Gasteiger partial charge on any atom is -0.352 e. The van der Waals surface area contributed by atoms with Crippen molar-refractivity contribution in [1.29, 1.82) is 0 Å². The summed E-state index contributed by atoms with van der Waals surface area (Å²) in [5, 5.41) is 18.2. The fourth-order valence-electron chi connectivity index (χ4n) is 3.30. The van der Waals surface area contributed by atoms with E-state index in [-0.39, 0.29) is 11.6 Å². The molecule has 124 valence electrons. The third-order valence-corrected chi connectivity index (χ3v) is 5.62. The van der Waals surface area contributed by atoms with Crippen molar-refractivity contribution in [2.24, 2.45) is 0 Å². The molecule has 1 aromatic heterocycles. The highest BCUT2D eigenvalue weighted by molar-refractivity contribution is 7.16. The van der Waals surface area contributed by atoms with E-state index < -0.39 is 11.1 Å². The summed E-state index contributed by atoms with van der Waals surface area (Å²) in [6.07, 6.45) is 0.257. The molecule has 0 aliphatic carbocycles.